The maximum atomic E-state index is 5.84. The van der Waals surface area contributed by atoms with Crippen LogP contribution in [-0.4, -0.2) is 54.1 Å². The van der Waals surface area contributed by atoms with Gasteiger partial charge in [0.1, 0.15) is 11.5 Å². The van der Waals surface area contributed by atoms with Gasteiger partial charge in [0, 0.05) is 18.7 Å². The van der Waals surface area contributed by atoms with Gasteiger partial charge in [-0.25, -0.2) is 0 Å². The molecule has 27 heavy (non-hydrogen) atoms. The molecule has 0 bridgehead atoms. The first-order valence-corrected chi connectivity index (χ1v) is 9.38. The van der Waals surface area contributed by atoms with Crippen molar-refractivity contribution in [3.8, 4) is 22.9 Å². The lowest BCUT2D eigenvalue weighted by Crippen LogP contribution is -2.45. The molecule has 0 radical (unpaired) electrons. The predicted molar refractivity (Wildman–Crippen MR) is 102 cm³/mol. The van der Waals surface area contributed by atoms with Gasteiger partial charge in [0.05, 0.1) is 31.9 Å². The number of nitrogens with zero attached hydrogens (tertiary/aromatic N) is 3. The van der Waals surface area contributed by atoms with Gasteiger partial charge in [0.25, 0.3) is 0 Å². The molecule has 1 aromatic heterocycles. The largest absolute Gasteiger partial charge is 0.497 e. The standard InChI is InChI=1S/C20H29N3O4/c1-6-23(14-9-10-26-20(2,3)12-14)13-18-21-19(22-27-18)16-8-7-15(24-4)11-17(16)25-5/h7-8,11,14H,6,9-10,12-13H2,1-5H3. The van der Waals surface area contributed by atoms with Crippen LogP contribution in [0.3, 0.4) is 0 Å². The summed E-state index contributed by atoms with van der Waals surface area (Å²) in [5, 5.41) is 4.15. The van der Waals surface area contributed by atoms with Crippen LogP contribution in [-0.2, 0) is 11.3 Å². The molecule has 0 N–H and O–H groups in total. The van der Waals surface area contributed by atoms with Crippen LogP contribution < -0.4 is 9.47 Å². The zero-order chi connectivity index (χ0) is 19.4. The summed E-state index contributed by atoms with van der Waals surface area (Å²) in [4.78, 5) is 6.97. The summed E-state index contributed by atoms with van der Waals surface area (Å²) in [6, 6.07) is 6.00. The Balaban J connectivity index is 1.75. The van der Waals surface area contributed by atoms with Crippen LogP contribution in [0, 0.1) is 0 Å². The molecule has 2 aromatic rings. The highest BCUT2D eigenvalue weighted by Crippen LogP contribution is 2.32. The summed E-state index contributed by atoms with van der Waals surface area (Å²) < 4.78 is 22.1. The Morgan fingerprint density at radius 3 is 2.74 bits per heavy atom. The molecule has 1 fully saturated rings. The minimum absolute atomic E-state index is 0.0905. The third-order valence-corrected chi connectivity index (χ3v) is 5.05. The van der Waals surface area contributed by atoms with Gasteiger partial charge in [0.15, 0.2) is 0 Å². The van der Waals surface area contributed by atoms with Crippen LogP contribution in [0.15, 0.2) is 22.7 Å². The lowest BCUT2D eigenvalue weighted by Gasteiger charge is -2.40. The van der Waals surface area contributed by atoms with Crippen molar-refractivity contribution in [3.63, 3.8) is 0 Å². The molecule has 0 spiro atoms. The molecule has 1 aliphatic heterocycles. The van der Waals surface area contributed by atoms with E-state index in [1.807, 2.05) is 18.2 Å². The van der Waals surface area contributed by atoms with E-state index in [0.29, 0.717) is 30.1 Å². The third-order valence-electron chi connectivity index (χ3n) is 5.05. The molecule has 1 atom stereocenters. The number of methoxy groups -OCH3 is 2. The molecule has 0 amide bonds. The van der Waals surface area contributed by atoms with E-state index in [2.05, 4.69) is 35.8 Å². The fourth-order valence-electron chi connectivity index (χ4n) is 3.60. The number of benzene rings is 1. The summed E-state index contributed by atoms with van der Waals surface area (Å²) in [7, 11) is 3.24. The second kappa shape index (κ2) is 8.27. The highest BCUT2D eigenvalue weighted by molar-refractivity contribution is 5.65. The molecular weight excluding hydrogens is 346 g/mol. The van der Waals surface area contributed by atoms with Crippen molar-refractivity contribution in [2.45, 2.75) is 51.8 Å². The van der Waals surface area contributed by atoms with Crippen molar-refractivity contribution in [2.75, 3.05) is 27.4 Å². The molecule has 0 aliphatic carbocycles. The van der Waals surface area contributed by atoms with Crippen molar-refractivity contribution < 1.29 is 18.7 Å². The van der Waals surface area contributed by atoms with Crippen LogP contribution in [0.5, 0.6) is 11.5 Å². The van der Waals surface area contributed by atoms with Crippen LogP contribution in [0.2, 0.25) is 0 Å². The van der Waals surface area contributed by atoms with Crippen molar-refractivity contribution in [3.05, 3.63) is 24.1 Å². The lowest BCUT2D eigenvalue weighted by molar-refractivity contribution is -0.0848. The van der Waals surface area contributed by atoms with Gasteiger partial charge in [-0.15, -0.1) is 0 Å². The van der Waals surface area contributed by atoms with Gasteiger partial charge < -0.3 is 18.7 Å². The van der Waals surface area contributed by atoms with E-state index in [4.69, 9.17) is 18.7 Å². The summed E-state index contributed by atoms with van der Waals surface area (Å²) in [5.41, 5.74) is 0.691. The topological polar surface area (TPSA) is 69.9 Å². The van der Waals surface area contributed by atoms with E-state index < -0.39 is 0 Å². The quantitative estimate of drug-likeness (QED) is 0.733. The van der Waals surface area contributed by atoms with E-state index in [-0.39, 0.29) is 5.60 Å². The second-order valence-electron chi connectivity index (χ2n) is 7.40. The SMILES string of the molecule is CCN(Cc1nc(-c2ccc(OC)cc2OC)no1)C1CCOC(C)(C)C1. The molecule has 3 rings (SSSR count). The number of ether oxygens (including phenoxy) is 3. The van der Waals surface area contributed by atoms with Gasteiger partial charge in [0.2, 0.25) is 11.7 Å². The highest BCUT2D eigenvalue weighted by atomic mass is 16.5. The second-order valence-corrected chi connectivity index (χ2v) is 7.40. The molecule has 148 valence electrons. The molecule has 1 saturated heterocycles. The van der Waals surface area contributed by atoms with Crippen molar-refractivity contribution in [2.24, 2.45) is 0 Å². The van der Waals surface area contributed by atoms with Crippen molar-refractivity contribution in [1.82, 2.24) is 15.0 Å². The average molecular weight is 375 g/mol. The number of rotatable bonds is 7. The van der Waals surface area contributed by atoms with E-state index >= 15 is 0 Å². The van der Waals surface area contributed by atoms with Crippen LogP contribution in [0.4, 0.5) is 0 Å². The molecule has 1 aromatic carbocycles. The number of aromatic nitrogens is 2. The van der Waals surface area contributed by atoms with E-state index in [1.165, 1.54) is 0 Å². The first-order chi connectivity index (χ1) is 13.0. The third kappa shape index (κ3) is 4.59. The van der Waals surface area contributed by atoms with Crippen LogP contribution in [0.25, 0.3) is 11.4 Å². The number of hydrogen-bond donors (Lipinski definition) is 0. The smallest absolute Gasteiger partial charge is 0.241 e. The summed E-state index contributed by atoms with van der Waals surface area (Å²) in [6.45, 7) is 8.78. The Hall–Kier alpha value is -2.12. The Labute approximate surface area is 160 Å². The Bertz CT molecular complexity index is 759. The van der Waals surface area contributed by atoms with E-state index in [0.717, 1.165) is 37.3 Å². The maximum absolute atomic E-state index is 5.84. The number of hydrogen-bond acceptors (Lipinski definition) is 7. The maximum Gasteiger partial charge on any atom is 0.241 e. The molecular formula is C20H29N3O4. The van der Waals surface area contributed by atoms with E-state index in [1.54, 1.807) is 14.2 Å². The minimum Gasteiger partial charge on any atom is -0.497 e. The van der Waals surface area contributed by atoms with Gasteiger partial charge in [-0.3, -0.25) is 4.90 Å². The minimum atomic E-state index is -0.0905. The van der Waals surface area contributed by atoms with Gasteiger partial charge in [-0.1, -0.05) is 12.1 Å². The zero-order valence-corrected chi connectivity index (χ0v) is 16.8. The normalized spacial score (nSPS) is 19.3. The lowest BCUT2D eigenvalue weighted by atomic mass is 9.93. The van der Waals surface area contributed by atoms with Crippen LogP contribution >= 0.6 is 0 Å². The average Bonchev–Trinajstić information content (AvgIpc) is 3.13. The first-order valence-electron chi connectivity index (χ1n) is 9.38. The van der Waals surface area contributed by atoms with Gasteiger partial charge in [-0.05, 0) is 45.4 Å². The molecule has 7 nitrogen and oxygen atoms in total. The van der Waals surface area contributed by atoms with E-state index in [9.17, 15) is 0 Å². The molecule has 1 aliphatic rings. The zero-order valence-electron chi connectivity index (χ0n) is 16.8. The molecule has 0 saturated carbocycles. The Kier molecular flexibility index (Phi) is 6.01. The molecule has 2 heterocycles. The fraction of sp³-hybridized carbons (Fsp3) is 0.600. The Morgan fingerprint density at radius 1 is 1.26 bits per heavy atom. The predicted octanol–water partition coefficient (Wildman–Crippen LogP) is 3.53. The molecule has 7 heteroatoms. The Morgan fingerprint density at radius 2 is 2.07 bits per heavy atom. The summed E-state index contributed by atoms with van der Waals surface area (Å²) in [6.07, 6.45) is 2.01. The summed E-state index contributed by atoms with van der Waals surface area (Å²) >= 11 is 0. The highest BCUT2D eigenvalue weighted by Gasteiger charge is 2.32. The fourth-order valence-corrected chi connectivity index (χ4v) is 3.60. The van der Waals surface area contributed by atoms with Gasteiger partial charge in [-0.2, -0.15) is 4.98 Å². The first kappa shape index (κ1) is 19.6. The molecule has 1 unspecified atom stereocenters. The van der Waals surface area contributed by atoms with Crippen molar-refractivity contribution in [1.29, 1.82) is 0 Å². The van der Waals surface area contributed by atoms with Crippen molar-refractivity contribution >= 4 is 0 Å². The summed E-state index contributed by atoms with van der Waals surface area (Å²) in [5.74, 6) is 2.50. The monoisotopic (exact) mass is 375 g/mol. The van der Waals surface area contributed by atoms with Crippen LogP contribution in [0.1, 0.15) is 39.5 Å². The van der Waals surface area contributed by atoms with Gasteiger partial charge >= 0.3 is 0 Å².